The second kappa shape index (κ2) is 5.87. The molecule has 1 rings (SSSR count). The standard InChI is InChI=1S/C11H13NO4/c1-15-6-7-16-11(14)9-5-3-2-4-8(9)10(12)13/h2-5H,6-7H2,1H3,(H2,12,13). The van der Waals surface area contributed by atoms with Crippen molar-refractivity contribution in [1.82, 2.24) is 0 Å². The third-order valence-corrected chi connectivity index (χ3v) is 1.93. The third-order valence-electron chi connectivity index (χ3n) is 1.93. The van der Waals surface area contributed by atoms with Crippen molar-refractivity contribution in [1.29, 1.82) is 0 Å². The fourth-order valence-corrected chi connectivity index (χ4v) is 1.17. The summed E-state index contributed by atoms with van der Waals surface area (Å²) in [6, 6.07) is 6.25. The number of benzene rings is 1. The van der Waals surface area contributed by atoms with E-state index in [0.29, 0.717) is 6.61 Å². The second-order valence-electron chi connectivity index (χ2n) is 3.04. The van der Waals surface area contributed by atoms with Gasteiger partial charge < -0.3 is 15.2 Å². The van der Waals surface area contributed by atoms with Crippen LogP contribution in [0.4, 0.5) is 0 Å². The molecule has 2 N–H and O–H groups in total. The van der Waals surface area contributed by atoms with Crippen LogP contribution in [-0.4, -0.2) is 32.2 Å². The highest BCUT2D eigenvalue weighted by Gasteiger charge is 2.15. The Hall–Kier alpha value is -1.88. The molecule has 0 aliphatic carbocycles. The van der Waals surface area contributed by atoms with Crippen LogP contribution >= 0.6 is 0 Å². The van der Waals surface area contributed by atoms with Gasteiger partial charge >= 0.3 is 5.97 Å². The van der Waals surface area contributed by atoms with Crippen LogP contribution < -0.4 is 5.73 Å². The molecule has 86 valence electrons. The van der Waals surface area contributed by atoms with Gasteiger partial charge in [0.25, 0.3) is 0 Å². The molecule has 1 amide bonds. The van der Waals surface area contributed by atoms with Crippen LogP contribution in [0.2, 0.25) is 0 Å². The van der Waals surface area contributed by atoms with Gasteiger partial charge in [-0.1, -0.05) is 12.1 Å². The summed E-state index contributed by atoms with van der Waals surface area (Å²) >= 11 is 0. The maximum absolute atomic E-state index is 11.6. The van der Waals surface area contributed by atoms with E-state index < -0.39 is 11.9 Å². The van der Waals surface area contributed by atoms with E-state index in [0.717, 1.165) is 0 Å². The van der Waals surface area contributed by atoms with Gasteiger partial charge in [-0.2, -0.15) is 0 Å². The predicted molar refractivity (Wildman–Crippen MR) is 57.1 cm³/mol. The molecule has 0 aromatic heterocycles. The summed E-state index contributed by atoms with van der Waals surface area (Å²) in [4.78, 5) is 22.6. The van der Waals surface area contributed by atoms with E-state index in [1.165, 1.54) is 19.2 Å². The normalized spacial score (nSPS) is 9.81. The Labute approximate surface area is 93.1 Å². The molecule has 16 heavy (non-hydrogen) atoms. The van der Waals surface area contributed by atoms with Crippen LogP contribution in [0.3, 0.4) is 0 Å². The summed E-state index contributed by atoms with van der Waals surface area (Å²) < 4.78 is 9.62. The van der Waals surface area contributed by atoms with Gasteiger partial charge in [0, 0.05) is 7.11 Å². The summed E-state index contributed by atoms with van der Waals surface area (Å²) in [6.07, 6.45) is 0. The van der Waals surface area contributed by atoms with E-state index in [1.807, 2.05) is 0 Å². The Morgan fingerprint density at radius 2 is 1.81 bits per heavy atom. The van der Waals surface area contributed by atoms with Gasteiger partial charge in [0.05, 0.1) is 17.7 Å². The Morgan fingerprint density at radius 1 is 1.19 bits per heavy atom. The summed E-state index contributed by atoms with van der Waals surface area (Å²) in [7, 11) is 1.51. The van der Waals surface area contributed by atoms with Crippen LogP contribution in [0.1, 0.15) is 20.7 Å². The van der Waals surface area contributed by atoms with Gasteiger partial charge in [-0.05, 0) is 12.1 Å². The average molecular weight is 223 g/mol. The van der Waals surface area contributed by atoms with Crippen molar-refractivity contribution in [3.05, 3.63) is 35.4 Å². The number of methoxy groups -OCH3 is 1. The molecule has 0 saturated carbocycles. The number of carbonyl (C=O) groups excluding carboxylic acids is 2. The Kier molecular flexibility index (Phi) is 4.47. The van der Waals surface area contributed by atoms with Crippen LogP contribution in [0, 0.1) is 0 Å². The van der Waals surface area contributed by atoms with Crippen LogP contribution in [-0.2, 0) is 9.47 Å². The lowest BCUT2D eigenvalue weighted by Crippen LogP contribution is -2.18. The van der Waals surface area contributed by atoms with E-state index >= 15 is 0 Å². The monoisotopic (exact) mass is 223 g/mol. The lowest BCUT2D eigenvalue weighted by molar-refractivity contribution is 0.0386. The summed E-state index contributed by atoms with van der Waals surface area (Å²) in [5, 5.41) is 0. The first kappa shape index (κ1) is 12.2. The number of primary amides is 1. The molecule has 0 atom stereocenters. The zero-order chi connectivity index (χ0) is 12.0. The van der Waals surface area contributed by atoms with E-state index in [-0.39, 0.29) is 17.7 Å². The average Bonchev–Trinajstić information content (AvgIpc) is 2.29. The Bertz CT molecular complexity index is 389. The minimum atomic E-state index is -0.653. The van der Waals surface area contributed by atoms with Crippen molar-refractivity contribution in [3.63, 3.8) is 0 Å². The number of amides is 1. The molecule has 1 aromatic rings. The summed E-state index contributed by atoms with van der Waals surface area (Å²) in [5.74, 6) is -1.23. The zero-order valence-electron chi connectivity index (χ0n) is 8.93. The molecule has 0 saturated heterocycles. The summed E-state index contributed by atoms with van der Waals surface area (Å²) in [6.45, 7) is 0.451. The number of carbonyl (C=O) groups is 2. The topological polar surface area (TPSA) is 78.6 Å². The number of nitrogens with two attached hydrogens (primary N) is 1. The largest absolute Gasteiger partial charge is 0.460 e. The quantitative estimate of drug-likeness (QED) is 0.585. The molecule has 0 aliphatic heterocycles. The fourth-order valence-electron chi connectivity index (χ4n) is 1.17. The van der Waals surface area contributed by atoms with Crippen molar-refractivity contribution >= 4 is 11.9 Å². The van der Waals surface area contributed by atoms with Crippen LogP contribution in [0.15, 0.2) is 24.3 Å². The van der Waals surface area contributed by atoms with Gasteiger partial charge in [0.2, 0.25) is 5.91 Å². The van der Waals surface area contributed by atoms with Gasteiger partial charge in [0.1, 0.15) is 6.61 Å². The smallest absolute Gasteiger partial charge is 0.339 e. The van der Waals surface area contributed by atoms with Gasteiger partial charge in [0.15, 0.2) is 0 Å². The van der Waals surface area contributed by atoms with Crippen molar-refractivity contribution in [2.24, 2.45) is 5.73 Å². The van der Waals surface area contributed by atoms with E-state index in [9.17, 15) is 9.59 Å². The molecule has 5 heteroatoms. The van der Waals surface area contributed by atoms with Crippen molar-refractivity contribution in [2.45, 2.75) is 0 Å². The zero-order valence-corrected chi connectivity index (χ0v) is 8.93. The molecule has 5 nitrogen and oxygen atoms in total. The number of hydrogen-bond donors (Lipinski definition) is 1. The highest BCUT2D eigenvalue weighted by atomic mass is 16.6. The molecule has 1 aromatic carbocycles. The van der Waals surface area contributed by atoms with Crippen molar-refractivity contribution < 1.29 is 19.1 Å². The minimum Gasteiger partial charge on any atom is -0.460 e. The molecule has 0 radical (unpaired) electrons. The predicted octanol–water partition coefficient (Wildman–Crippen LogP) is 0.589. The highest BCUT2D eigenvalue weighted by molar-refractivity contribution is 6.04. The maximum Gasteiger partial charge on any atom is 0.339 e. The van der Waals surface area contributed by atoms with Gasteiger partial charge in [-0.25, -0.2) is 4.79 Å². The lowest BCUT2D eigenvalue weighted by atomic mass is 10.1. The van der Waals surface area contributed by atoms with Crippen molar-refractivity contribution in [2.75, 3.05) is 20.3 Å². The van der Waals surface area contributed by atoms with Crippen LogP contribution in [0.5, 0.6) is 0 Å². The summed E-state index contributed by atoms with van der Waals surface area (Å²) in [5.41, 5.74) is 5.47. The number of hydrogen-bond acceptors (Lipinski definition) is 4. The first-order valence-electron chi connectivity index (χ1n) is 4.71. The van der Waals surface area contributed by atoms with E-state index in [4.69, 9.17) is 15.2 Å². The Morgan fingerprint density at radius 3 is 2.38 bits per heavy atom. The van der Waals surface area contributed by atoms with E-state index in [2.05, 4.69) is 0 Å². The fraction of sp³-hybridized carbons (Fsp3) is 0.273. The minimum absolute atomic E-state index is 0.141. The molecule has 0 spiro atoms. The molecule has 0 heterocycles. The Balaban J connectivity index is 2.78. The molecular formula is C11H13NO4. The lowest BCUT2D eigenvalue weighted by Gasteiger charge is -2.06. The highest BCUT2D eigenvalue weighted by Crippen LogP contribution is 2.09. The second-order valence-corrected chi connectivity index (χ2v) is 3.04. The number of esters is 1. The molecule has 0 bridgehead atoms. The SMILES string of the molecule is COCCOC(=O)c1ccccc1C(N)=O. The van der Waals surface area contributed by atoms with E-state index in [1.54, 1.807) is 12.1 Å². The first-order chi connectivity index (χ1) is 7.66. The van der Waals surface area contributed by atoms with Gasteiger partial charge in [-0.3, -0.25) is 4.79 Å². The molecule has 0 fully saturated rings. The van der Waals surface area contributed by atoms with Crippen LogP contribution in [0.25, 0.3) is 0 Å². The van der Waals surface area contributed by atoms with Crippen molar-refractivity contribution in [3.8, 4) is 0 Å². The number of rotatable bonds is 5. The first-order valence-corrected chi connectivity index (χ1v) is 4.71. The number of ether oxygens (including phenoxy) is 2. The van der Waals surface area contributed by atoms with Gasteiger partial charge in [-0.15, -0.1) is 0 Å². The molecular weight excluding hydrogens is 210 g/mol. The maximum atomic E-state index is 11.6. The third kappa shape index (κ3) is 3.06. The molecule has 0 unspecified atom stereocenters. The molecule has 0 aliphatic rings.